The van der Waals surface area contributed by atoms with Crippen LogP contribution in [-0.2, 0) is 24.3 Å². The maximum Gasteiger partial charge on any atom is 0.264 e. The van der Waals surface area contributed by atoms with E-state index in [0.717, 1.165) is 47.1 Å². The van der Waals surface area contributed by atoms with Crippen molar-refractivity contribution in [2.24, 2.45) is 5.92 Å². The molecule has 0 radical (unpaired) electrons. The zero-order valence-electron chi connectivity index (χ0n) is 19.3. The van der Waals surface area contributed by atoms with E-state index in [0.29, 0.717) is 31.0 Å². The maximum absolute atomic E-state index is 12.0. The summed E-state index contributed by atoms with van der Waals surface area (Å²) in [6, 6.07) is 9.86. The highest BCUT2D eigenvalue weighted by atomic mass is 35.5. The molecule has 1 unspecified atom stereocenters. The molecule has 0 saturated carbocycles. The molecule has 1 aliphatic carbocycles. The van der Waals surface area contributed by atoms with Crippen LogP contribution in [0.3, 0.4) is 0 Å². The zero-order valence-corrected chi connectivity index (χ0v) is 21.7. The predicted octanol–water partition coefficient (Wildman–Crippen LogP) is 4.15. The van der Waals surface area contributed by atoms with Crippen molar-refractivity contribution >= 4 is 43.4 Å². The Morgan fingerprint density at radius 3 is 2.53 bits per heavy atom. The summed E-state index contributed by atoms with van der Waals surface area (Å²) in [4.78, 5) is 4.81. The van der Waals surface area contributed by atoms with Gasteiger partial charge in [0.05, 0.1) is 24.8 Å². The van der Waals surface area contributed by atoms with Gasteiger partial charge in [0, 0.05) is 30.2 Å². The molecule has 0 bridgehead atoms. The highest BCUT2D eigenvalue weighted by Gasteiger charge is 2.35. The van der Waals surface area contributed by atoms with E-state index in [-0.39, 0.29) is 18.4 Å². The smallest absolute Gasteiger partial charge is 0.264 e. The highest BCUT2D eigenvalue weighted by Crippen LogP contribution is 2.45. The van der Waals surface area contributed by atoms with Crippen molar-refractivity contribution in [1.82, 2.24) is 9.29 Å². The molecule has 1 aliphatic heterocycles. The second kappa shape index (κ2) is 10.1. The molecule has 1 fully saturated rings. The first-order valence-electron chi connectivity index (χ1n) is 11.3. The number of sulfonamides is 1. The van der Waals surface area contributed by atoms with Crippen LogP contribution in [0.2, 0.25) is 5.02 Å². The van der Waals surface area contributed by atoms with E-state index in [1.54, 1.807) is 10.5 Å². The number of hydrogen-bond acceptors (Lipinski definition) is 6. The average molecular weight is 525 g/mol. The first kappa shape index (κ1) is 25.3. The van der Waals surface area contributed by atoms with Gasteiger partial charge in [-0.2, -0.15) is 8.42 Å². The van der Waals surface area contributed by atoms with Crippen molar-refractivity contribution in [2.75, 3.05) is 32.2 Å². The molecular formula is C24H29ClN2O5S2. The Kier molecular flexibility index (Phi) is 7.50. The third kappa shape index (κ3) is 5.88. The third-order valence-electron chi connectivity index (χ3n) is 6.52. The van der Waals surface area contributed by atoms with E-state index >= 15 is 0 Å². The van der Waals surface area contributed by atoms with E-state index in [2.05, 4.69) is 18.2 Å². The van der Waals surface area contributed by atoms with Gasteiger partial charge in [-0.25, -0.2) is 12.7 Å². The predicted molar refractivity (Wildman–Crippen MR) is 135 cm³/mol. The molecular weight excluding hydrogens is 496 g/mol. The molecule has 1 saturated heterocycles. The van der Waals surface area contributed by atoms with E-state index in [1.807, 2.05) is 18.2 Å². The summed E-state index contributed by atoms with van der Waals surface area (Å²) in [5.41, 5.74) is 5.20. The molecule has 34 heavy (non-hydrogen) atoms. The average Bonchev–Trinajstić information content (AvgIpc) is 2.90. The SMILES string of the molecule is CS(=O)(=O)OCCCC1=Cc2cc(Cl)ccc2C(C2CCN(S(C)(=O)=O)CC2)c2ncccc21. The van der Waals surface area contributed by atoms with E-state index in [1.165, 1.54) is 6.26 Å². The fraction of sp³-hybridized carbons (Fsp3) is 0.458. The van der Waals surface area contributed by atoms with Crippen molar-refractivity contribution in [2.45, 2.75) is 31.6 Å². The third-order valence-corrected chi connectivity index (χ3v) is 8.65. The number of aromatic nitrogens is 1. The number of hydrogen-bond donors (Lipinski definition) is 0. The van der Waals surface area contributed by atoms with Gasteiger partial charge in [-0.1, -0.05) is 29.8 Å². The lowest BCUT2D eigenvalue weighted by Crippen LogP contribution is -2.39. The Morgan fingerprint density at radius 2 is 1.85 bits per heavy atom. The minimum atomic E-state index is -3.48. The minimum Gasteiger partial charge on any atom is -0.270 e. The molecule has 1 aromatic heterocycles. The molecule has 184 valence electrons. The van der Waals surface area contributed by atoms with Gasteiger partial charge >= 0.3 is 0 Å². The number of pyridine rings is 1. The standard InChI is InChI=1S/C24H29ClN2O5S2/c1-33(28,29)27-12-9-17(10-13-27)23-21-8-7-20(25)16-19(21)15-18(5-4-14-32-34(2,30)31)22-6-3-11-26-24(22)23/h3,6-8,11,15-17,23H,4-5,9-10,12-14H2,1-2H3. The lowest BCUT2D eigenvalue weighted by Gasteiger charge is -2.35. The molecule has 0 amide bonds. The minimum absolute atomic E-state index is 0.00574. The van der Waals surface area contributed by atoms with Crippen molar-refractivity contribution in [3.05, 3.63) is 63.9 Å². The van der Waals surface area contributed by atoms with Gasteiger partial charge in [0.2, 0.25) is 10.0 Å². The topological polar surface area (TPSA) is 93.6 Å². The van der Waals surface area contributed by atoms with Gasteiger partial charge in [0.1, 0.15) is 0 Å². The molecule has 1 aromatic carbocycles. The Hall–Kier alpha value is -1.78. The Balaban J connectivity index is 1.70. The van der Waals surface area contributed by atoms with Crippen LogP contribution in [0.4, 0.5) is 0 Å². The summed E-state index contributed by atoms with van der Waals surface area (Å²) >= 11 is 6.36. The number of allylic oxidation sites excluding steroid dienone is 1. The lowest BCUT2D eigenvalue weighted by molar-refractivity contribution is 0.256. The fourth-order valence-electron chi connectivity index (χ4n) is 5.00. The van der Waals surface area contributed by atoms with E-state index < -0.39 is 20.1 Å². The van der Waals surface area contributed by atoms with Gasteiger partial charge in [-0.05, 0) is 72.1 Å². The number of piperidine rings is 1. The summed E-state index contributed by atoms with van der Waals surface area (Å²) in [7, 11) is -6.69. The van der Waals surface area contributed by atoms with E-state index in [4.69, 9.17) is 20.8 Å². The van der Waals surface area contributed by atoms with Crippen LogP contribution >= 0.6 is 11.6 Å². The molecule has 4 rings (SSSR count). The van der Waals surface area contributed by atoms with Crippen LogP contribution in [-0.4, -0.2) is 58.3 Å². The van der Waals surface area contributed by atoms with Gasteiger partial charge in [-0.3, -0.25) is 9.17 Å². The highest BCUT2D eigenvalue weighted by molar-refractivity contribution is 7.88. The first-order valence-corrected chi connectivity index (χ1v) is 15.3. The normalized spacial score (nSPS) is 19.7. The van der Waals surface area contributed by atoms with Gasteiger partial charge in [0.25, 0.3) is 10.1 Å². The van der Waals surface area contributed by atoms with Gasteiger partial charge < -0.3 is 0 Å². The molecule has 10 heteroatoms. The van der Waals surface area contributed by atoms with Crippen molar-refractivity contribution in [3.8, 4) is 0 Å². The largest absolute Gasteiger partial charge is 0.270 e. The summed E-state index contributed by atoms with van der Waals surface area (Å²) < 4.78 is 53.2. The second-order valence-electron chi connectivity index (χ2n) is 8.99. The van der Waals surface area contributed by atoms with Crippen LogP contribution in [0.1, 0.15) is 54.0 Å². The Bertz CT molecular complexity index is 1300. The number of fused-ring (bicyclic) bond motifs is 2. The van der Waals surface area contributed by atoms with Crippen molar-refractivity contribution in [1.29, 1.82) is 0 Å². The number of halogens is 1. The molecule has 2 heterocycles. The maximum atomic E-state index is 12.0. The van der Waals surface area contributed by atoms with Crippen LogP contribution in [0, 0.1) is 5.92 Å². The first-order chi connectivity index (χ1) is 16.0. The summed E-state index contributed by atoms with van der Waals surface area (Å²) in [5.74, 6) is 0.235. The van der Waals surface area contributed by atoms with Gasteiger partial charge in [0.15, 0.2) is 0 Å². The molecule has 1 atom stereocenters. The number of benzene rings is 1. The molecule has 2 aliphatic rings. The number of nitrogens with zero attached hydrogens (tertiary/aromatic N) is 2. The summed E-state index contributed by atoms with van der Waals surface area (Å²) in [5, 5.41) is 0.638. The quantitative estimate of drug-likeness (QED) is 0.399. The Labute approximate surface area is 207 Å². The molecule has 0 N–H and O–H groups in total. The fourth-order valence-corrected chi connectivity index (χ4v) is 6.48. The van der Waals surface area contributed by atoms with Crippen LogP contribution in [0.5, 0.6) is 0 Å². The van der Waals surface area contributed by atoms with Crippen molar-refractivity contribution < 1.29 is 21.0 Å². The van der Waals surface area contributed by atoms with Crippen LogP contribution < -0.4 is 0 Å². The molecule has 0 spiro atoms. The van der Waals surface area contributed by atoms with Gasteiger partial charge in [-0.15, -0.1) is 0 Å². The molecule has 2 aromatic rings. The van der Waals surface area contributed by atoms with Crippen LogP contribution in [0.25, 0.3) is 11.6 Å². The van der Waals surface area contributed by atoms with E-state index in [9.17, 15) is 16.8 Å². The van der Waals surface area contributed by atoms with Crippen molar-refractivity contribution in [3.63, 3.8) is 0 Å². The van der Waals surface area contributed by atoms with Crippen LogP contribution in [0.15, 0.2) is 36.5 Å². The molecule has 7 nitrogen and oxygen atoms in total. The Morgan fingerprint density at radius 1 is 1.12 bits per heavy atom. The summed E-state index contributed by atoms with van der Waals surface area (Å²) in [6.45, 7) is 1.10. The summed E-state index contributed by atoms with van der Waals surface area (Å²) in [6.07, 6.45) is 8.88. The lowest BCUT2D eigenvalue weighted by atomic mass is 9.76. The zero-order chi connectivity index (χ0) is 24.5. The number of rotatable bonds is 7. The second-order valence-corrected chi connectivity index (χ2v) is 13.0. The monoisotopic (exact) mass is 524 g/mol.